The van der Waals surface area contributed by atoms with Gasteiger partial charge in [-0.25, -0.2) is 14.4 Å². The highest BCUT2D eigenvalue weighted by Gasteiger charge is 2.42. The molecular formula is C36H53NO9. The molecule has 10 heteroatoms. The molecule has 1 fully saturated rings. The Labute approximate surface area is 274 Å². The van der Waals surface area contributed by atoms with E-state index in [0.29, 0.717) is 17.9 Å². The third-order valence-corrected chi connectivity index (χ3v) is 6.53. The van der Waals surface area contributed by atoms with Gasteiger partial charge in [0.25, 0.3) is 0 Å². The van der Waals surface area contributed by atoms with Gasteiger partial charge in [0.05, 0.1) is 19.3 Å². The van der Waals surface area contributed by atoms with Crippen LogP contribution in [0.4, 0.5) is 9.59 Å². The van der Waals surface area contributed by atoms with Gasteiger partial charge in [0, 0.05) is 19.6 Å². The van der Waals surface area contributed by atoms with Gasteiger partial charge in [-0.3, -0.25) is 0 Å². The molecule has 3 rings (SSSR count). The smallest absolute Gasteiger partial charge is 0.420 e. The van der Waals surface area contributed by atoms with E-state index in [-0.39, 0.29) is 25.9 Å². The quantitative estimate of drug-likeness (QED) is 0.185. The molecule has 0 radical (unpaired) electrons. The standard InChI is InChI=1S/C27H41NO8.C9H12O/c1-19-16-21(33-15-11-14-20-12-9-8-10-13-20)17-32-18-22(23(29)34-19)28(24(30)35-26(2,3)4)25(31)36-27(5,6)7;10-8-4-7-9-5-2-1-3-6-9/h8-10,12-13,19,21-22H,11,14-18H2,1-7H3;1-3,5-6,10H,4,7-8H2/t19?,21?,22-;/m0./s1. The van der Waals surface area contributed by atoms with Crippen LogP contribution in [-0.2, 0) is 41.3 Å². The fourth-order valence-corrected chi connectivity index (χ4v) is 4.49. The average molecular weight is 644 g/mol. The lowest BCUT2D eigenvalue weighted by atomic mass is 10.1. The number of hydrogen-bond acceptors (Lipinski definition) is 9. The summed E-state index contributed by atoms with van der Waals surface area (Å²) >= 11 is 0. The third-order valence-electron chi connectivity index (χ3n) is 6.53. The van der Waals surface area contributed by atoms with Gasteiger partial charge in [-0.05, 0) is 85.3 Å². The Balaban J connectivity index is 0.000000623. The summed E-state index contributed by atoms with van der Waals surface area (Å²) in [5.41, 5.74) is 0.747. The molecule has 2 unspecified atom stereocenters. The second kappa shape index (κ2) is 19.3. The van der Waals surface area contributed by atoms with Crippen molar-refractivity contribution in [2.45, 2.75) is 110 Å². The molecule has 0 saturated carbocycles. The molecule has 10 nitrogen and oxygen atoms in total. The molecule has 2 aromatic carbocycles. The number of amides is 2. The Morgan fingerprint density at radius 1 is 0.826 bits per heavy atom. The molecule has 0 bridgehead atoms. The summed E-state index contributed by atoms with van der Waals surface area (Å²) in [4.78, 5) is 39.6. The zero-order valence-corrected chi connectivity index (χ0v) is 28.5. The lowest BCUT2D eigenvalue weighted by molar-refractivity contribution is -0.156. The van der Waals surface area contributed by atoms with Crippen LogP contribution in [0.15, 0.2) is 60.7 Å². The lowest BCUT2D eigenvalue weighted by Crippen LogP contribution is -2.54. The van der Waals surface area contributed by atoms with Gasteiger partial charge in [-0.2, -0.15) is 4.90 Å². The van der Waals surface area contributed by atoms with Crippen LogP contribution in [0.2, 0.25) is 0 Å². The minimum Gasteiger partial charge on any atom is -0.461 e. The molecule has 0 aromatic heterocycles. The zero-order chi connectivity index (χ0) is 34.2. The molecule has 1 N–H and O–H groups in total. The number of aryl methyl sites for hydroxylation is 2. The summed E-state index contributed by atoms with van der Waals surface area (Å²) in [6.07, 6.45) is 1.15. The number of carbonyl (C=O) groups excluding carboxylic acids is 3. The Kier molecular flexibility index (Phi) is 16.2. The molecule has 1 aliphatic rings. The second-order valence-corrected chi connectivity index (χ2v) is 13.3. The number of nitrogens with zero attached hydrogens (tertiary/aromatic N) is 1. The van der Waals surface area contributed by atoms with Crippen LogP contribution in [0, 0.1) is 0 Å². The molecule has 1 saturated heterocycles. The maximum absolute atomic E-state index is 13.0. The first-order valence-electron chi connectivity index (χ1n) is 16.0. The fraction of sp³-hybridized carbons (Fsp3) is 0.583. The maximum Gasteiger partial charge on any atom is 0.420 e. The number of imide groups is 1. The van der Waals surface area contributed by atoms with E-state index >= 15 is 0 Å². The van der Waals surface area contributed by atoms with Crippen LogP contribution in [-0.4, -0.2) is 84.0 Å². The van der Waals surface area contributed by atoms with Gasteiger partial charge in [-0.15, -0.1) is 0 Å². The molecule has 0 spiro atoms. The first kappa shape index (κ1) is 38.7. The van der Waals surface area contributed by atoms with Crippen molar-refractivity contribution in [1.82, 2.24) is 4.90 Å². The van der Waals surface area contributed by atoms with Crippen LogP contribution in [0.1, 0.15) is 78.9 Å². The third kappa shape index (κ3) is 15.7. The Bertz CT molecular complexity index is 1150. The predicted molar refractivity (Wildman–Crippen MR) is 175 cm³/mol. The number of aliphatic hydroxyl groups excluding tert-OH is 1. The number of rotatable bonds is 9. The minimum atomic E-state index is -1.37. The van der Waals surface area contributed by atoms with Crippen molar-refractivity contribution in [2.75, 3.05) is 26.4 Å². The number of hydrogen-bond donors (Lipinski definition) is 1. The number of ether oxygens (including phenoxy) is 5. The highest BCUT2D eigenvalue weighted by atomic mass is 16.6. The van der Waals surface area contributed by atoms with Crippen molar-refractivity contribution in [3.05, 3.63) is 71.8 Å². The highest BCUT2D eigenvalue weighted by Crippen LogP contribution is 2.20. The minimum absolute atomic E-state index is 0.180. The van der Waals surface area contributed by atoms with Gasteiger partial charge in [0.15, 0.2) is 6.04 Å². The molecule has 1 aliphatic heterocycles. The van der Waals surface area contributed by atoms with E-state index < -0.39 is 41.5 Å². The first-order valence-corrected chi connectivity index (χ1v) is 16.0. The number of aliphatic hydroxyl groups is 1. The van der Waals surface area contributed by atoms with E-state index in [1.807, 2.05) is 36.4 Å². The fourth-order valence-electron chi connectivity index (χ4n) is 4.49. The molecule has 256 valence electrons. The Hall–Kier alpha value is -3.47. The van der Waals surface area contributed by atoms with E-state index in [9.17, 15) is 14.4 Å². The average Bonchev–Trinajstić information content (AvgIpc) is 3.03. The Morgan fingerprint density at radius 3 is 1.80 bits per heavy atom. The van der Waals surface area contributed by atoms with Crippen molar-refractivity contribution in [3.63, 3.8) is 0 Å². The van der Waals surface area contributed by atoms with E-state index in [4.69, 9.17) is 28.8 Å². The monoisotopic (exact) mass is 643 g/mol. The number of carbonyl (C=O) groups is 3. The number of esters is 1. The largest absolute Gasteiger partial charge is 0.461 e. The summed E-state index contributed by atoms with van der Waals surface area (Å²) in [5, 5.41) is 8.53. The molecule has 0 aliphatic carbocycles. The van der Waals surface area contributed by atoms with Crippen molar-refractivity contribution in [2.24, 2.45) is 0 Å². The summed E-state index contributed by atoms with van der Waals surface area (Å²) in [5.74, 6) is -0.774. The summed E-state index contributed by atoms with van der Waals surface area (Å²) < 4.78 is 28.1. The molecule has 46 heavy (non-hydrogen) atoms. The van der Waals surface area contributed by atoms with Gasteiger partial charge >= 0.3 is 18.2 Å². The van der Waals surface area contributed by atoms with Crippen molar-refractivity contribution < 1.29 is 43.2 Å². The first-order chi connectivity index (χ1) is 21.7. The SMILES string of the molecule is CC1CC(OCCCc2ccccc2)COC[C@H](N(C(=O)OC(C)(C)C)C(=O)OC(C)(C)C)C(=O)O1.OCCCc1ccccc1. The highest BCUT2D eigenvalue weighted by molar-refractivity contribution is 5.94. The number of cyclic esters (lactones) is 1. The van der Waals surface area contributed by atoms with Crippen LogP contribution in [0.5, 0.6) is 0 Å². The molecule has 3 atom stereocenters. The summed E-state index contributed by atoms with van der Waals surface area (Å²) in [6, 6.07) is 19.0. The van der Waals surface area contributed by atoms with Crippen LogP contribution >= 0.6 is 0 Å². The van der Waals surface area contributed by atoms with Crippen LogP contribution in [0.25, 0.3) is 0 Å². The molecule has 1 heterocycles. The lowest BCUT2D eigenvalue weighted by Gasteiger charge is -2.32. The van der Waals surface area contributed by atoms with Gasteiger partial charge in [0.1, 0.15) is 17.3 Å². The van der Waals surface area contributed by atoms with Crippen molar-refractivity contribution in [3.8, 4) is 0 Å². The second-order valence-electron chi connectivity index (χ2n) is 13.3. The van der Waals surface area contributed by atoms with Crippen LogP contribution in [0.3, 0.4) is 0 Å². The van der Waals surface area contributed by atoms with Crippen LogP contribution < -0.4 is 0 Å². The molecular weight excluding hydrogens is 590 g/mol. The van der Waals surface area contributed by atoms with E-state index in [2.05, 4.69) is 24.3 Å². The summed E-state index contributed by atoms with van der Waals surface area (Å²) in [7, 11) is 0. The van der Waals surface area contributed by atoms with E-state index in [0.717, 1.165) is 25.7 Å². The predicted octanol–water partition coefficient (Wildman–Crippen LogP) is 6.51. The molecule has 2 aromatic rings. The topological polar surface area (TPSA) is 121 Å². The maximum atomic E-state index is 13.0. The van der Waals surface area contributed by atoms with Gasteiger partial charge < -0.3 is 28.8 Å². The number of benzene rings is 2. The van der Waals surface area contributed by atoms with Gasteiger partial charge in [-0.1, -0.05) is 60.7 Å². The molecule has 2 amide bonds. The summed E-state index contributed by atoms with van der Waals surface area (Å²) in [6.45, 7) is 12.4. The van der Waals surface area contributed by atoms with Crippen molar-refractivity contribution in [1.29, 1.82) is 0 Å². The van der Waals surface area contributed by atoms with E-state index in [1.165, 1.54) is 11.1 Å². The van der Waals surface area contributed by atoms with Crippen molar-refractivity contribution >= 4 is 18.2 Å². The van der Waals surface area contributed by atoms with E-state index in [1.54, 1.807) is 48.5 Å². The Morgan fingerprint density at radius 2 is 1.33 bits per heavy atom. The van der Waals surface area contributed by atoms with Gasteiger partial charge in [0.2, 0.25) is 0 Å². The normalized spacial score (nSPS) is 18.9. The zero-order valence-electron chi connectivity index (χ0n) is 28.5.